The van der Waals surface area contributed by atoms with Gasteiger partial charge in [-0.25, -0.2) is 0 Å². The Kier molecular flexibility index (Phi) is 3.18. The van der Waals surface area contributed by atoms with Crippen molar-refractivity contribution in [2.75, 3.05) is 0 Å². The van der Waals surface area contributed by atoms with Gasteiger partial charge in [0.05, 0.1) is 0 Å². The standard InChI is InChI=1S/C6H11NO4/c1-3-5(9)7-6(10,11)4(2)8/h3-4,8,10-11H,1H2,2H3,(H,7,9). The first-order valence-corrected chi connectivity index (χ1v) is 2.97. The number of amides is 1. The van der Waals surface area contributed by atoms with Crippen molar-refractivity contribution in [1.29, 1.82) is 0 Å². The van der Waals surface area contributed by atoms with Crippen molar-refractivity contribution >= 4 is 5.91 Å². The molecule has 0 aromatic rings. The first-order chi connectivity index (χ1) is 4.90. The number of hydrogen-bond acceptors (Lipinski definition) is 4. The van der Waals surface area contributed by atoms with Gasteiger partial charge in [0.1, 0.15) is 6.10 Å². The summed E-state index contributed by atoms with van der Waals surface area (Å²) >= 11 is 0. The molecule has 1 atom stereocenters. The first kappa shape index (κ1) is 10.1. The number of hydrogen-bond donors (Lipinski definition) is 4. The van der Waals surface area contributed by atoms with E-state index in [1.807, 2.05) is 0 Å². The molecular weight excluding hydrogens is 150 g/mol. The zero-order chi connectivity index (χ0) is 9.07. The molecule has 1 unspecified atom stereocenters. The SMILES string of the molecule is C=CC(=O)NC(O)(O)C(C)O. The minimum Gasteiger partial charge on any atom is -0.386 e. The van der Waals surface area contributed by atoms with E-state index in [2.05, 4.69) is 6.58 Å². The highest BCUT2D eigenvalue weighted by atomic mass is 16.5. The van der Waals surface area contributed by atoms with Gasteiger partial charge >= 0.3 is 0 Å². The normalized spacial score (nSPS) is 13.8. The van der Waals surface area contributed by atoms with Crippen LogP contribution in [0, 0.1) is 0 Å². The Balaban J connectivity index is 4.11. The van der Waals surface area contributed by atoms with Crippen LogP contribution in [0.2, 0.25) is 0 Å². The smallest absolute Gasteiger partial charge is 0.273 e. The number of aliphatic hydroxyl groups excluding tert-OH is 1. The van der Waals surface area contributed by atoms with E-state index in [4.69, 9.17) is 15.3 Å². The molecule has 0 aliphatic carbocycles. The molecule has 5 heteroatoms. The van der Waals surface area contributed by atoms with E-state index in [-0.39, 0.29) is 0 Å². The van der Waals surface area contributed by atoms with Crippen molar-refractivity contribution < 1.29 is 20.1 Å². The largest absolute Gasteiger partial charge is 0.386 e. The average Bonchev–Trinajstić information content (AvgIpc) is 1.86. The molecule has 64 valence electrons. The van der Waals surface area contributed by atoms with Gasteiger partial charge in [-0.05, 0) is 13.0 Å². The Labute approximate surface area is 64.0 Å². The molecular formula is C6H11NO4. The van der Waals surface area contributed by atoms with Crippen LogP contribution in [0.15, 0.2) is 12.7 Å². The fraction of sp³-hybridized carbons (Fsp3) is 0.500. The third-order valence-electron chi connectivity index (χ3n) is 1.08. The molecule has 0 bridgehead atoms. The van der Waals surface area contributed by atoms with Crippen LogP contribution in [0.25, 0.3) is 0 Å². The van der Waals surface area contributed by atoms with E-state index in [0.717, 1.165) is 13.0 Å². The van der Waals surface area contributed by atoms with Gasteiger partial charge in [-0.1, -0.05) is 6.58 Å². The molecule has 0 rings (SSSR count). The van der Waals surface area contributed by atoms with E-state index >= 15 is 0 Å². The minimum absolute atomic E-state index is 0.768. The first-order valence-electron chi connectivity index (χ1n) is 2.97. The van der Waals surface area contributed by atoms with Gasteiger partial charge in [-0.3, -0.25) is 10.1 Å². The highest BCUT2D eigenvalue weighted by Crippen LogP contribution is 2.00. The zero-order valence-electron chi connectivity index (χ0n) is 6.11. The summed E-state index contributed by atoms with van der Waals surface area (Å²) < 4.78 is 0. The predicted molar refractivity (Wildman–Crippen MR) is 37.2 cm³/mol. The van der Waals surface area contributed by atoms with E-state index < -0.39 is 17.9 Å². The molecule has 0 saturated heterocycles. The summed E-state index contributed by atoms with van der Waals surface area (Å²) in [6, 6.07) is 0. The summed E-state index contributed by atoms with van der Waals surface area (Å²) in [5, 5.41) is 28.0. The van der Waals surface area contributed by atoms with Crippen molar-refractivity contribution in [2.45, 2.75) is 18.9 Å². The van der Waals surface area contributed by atoms with Crippen LogP contribution in [-0.2, 0) is 4.79 Å². The number of carbonyl (C=O) groups is 1. The molecule has 0 aliphatic rings. The van der Waals surface area contributed by atoms with Gasteiger partial charge in [0.15, 0.2) is 0 Å². The fourth-order valence-corrected chi connectivity index (χ4v) is 0.337. The fourth-order valence-electron chi connectivity index (χ4n) is 0.337. The van der Waals surface area contributed by atoms with Crippen molar-refractivity contribution in [2.24, 2.45) is 0 Å². The maximum atomic E-state index is 10.5. The van der Waals surface area contributed by atoms with E-state index in [1.54, 1.807) is 5.32 Å². The van der Waals surface area contributed by atoms with Gasteiger partial charge in [-0.15, -0.1) is 0 Å². The molecule has 0 aliphatic heterocycles. The monoisotopic (exact) mass is 161 g/mol. The molecule has 11 heavy (non-hydrogen) atoms. The van der Waals surface area contributed by atoms with Gasteiger partial charge in [0.2, 0.25) is 5.91 Å². The minimum atomic E-state index is -2.59. The highest BCUT2D eigenvalue weighted by Gasteiger charge is 2.30. The van der Waals surface area contributed by atoms with Crippen LogP contribution in [0.5, 0.6) is 0 Å². The van der Waals surface area contributed by atoms with Crippen LogP contribution < -0.4 is 5.32 Å². The maximum Gasteiger partial charge on any atom is 0.273 e. The van der Waals surface area contributed by atoms with Crippen LogP contribution in [0.1, 0.15) is 6.92 Å². The second-order valence-electron chi connectivity index (χ2n) is 2.10. The third kappa shape index (κ3) is 3.13. The lowest BCUT2D eigenvalue weighted by atomic mass is 10.3. The Morgan fingerprint density at radius 1 is 1.73 bits per heavy atom. The Hall–Kier alpha value is -0.910. The Morgan fingerprint density at radius 3 is 2.45 bits per heavy atom. The molecule has 0 saturated carbocycles. The van der Waals surface area contributed by atoms with Gasteiger partial charge in [-0.2, -0.15) is 0 Å². The van der Waals surface area contributed by atoms with E-state index in [0.29, 0.717) is 0 Å². The van der Waals surface area contributed by atoms with Gasteiger partial charge in [0, 0.05) is 0 Å². The molecule has 4 N–H and O–H groups in total. The van der Waals surface area contributed by atoms with Crippen molar-refractivity contribution in [3.05, 3.63) is 12.7 Å². The number of aliphatic hydroxyl groups is 3. The van der Waals surface area contributed by atoms with Crippen molar-refractivity contribution in [3.63, 3.8) is 0 Å². The Morgan fingerprint density at radius 2 is 2.18 bits per heavy atom. The topological polar surface area (TPSA) is 89.8 Å². The van der Waals surface area contributed by atoms with Crippen molar-refractivity contribution in [3.8, 4) is 0 Å². The van der Waals surface area contributed by atoms with Crippen LogP contribution in [-0.4, -0.2) is 33.2 Å². The predicted octanol–water partition coefficient (Wildman–Crippen LogP) is -1.69. The summed E-state index contributed by atoms with van der Waals surface area (Å²) in [6.45, 7) is 4.22. The third-order valence-corrected chi connectivity index (χ3v) is 1.08. The molecule has 1 amide bonds. The number of carbonyl (C=O) groups excluding carboxylic acids is 1. The molecule has 0 spiro atoms. The van der Waals surface area contributed by atoms with Crippen LogP contribution >= 0.6 is 0 Å². The van der Waals surface area contributed by atoms with Crippen LogP contribution in [0.3, 0.4) is 0 Å². The lowest BCUT2D eigenvalue weighted by Gasteiger charge is -2.24. The van der Waals surface area contributed by atoms with Crippen molar-refractivity contribution in [1.82, 2.24) is 5.32 Å². The molecule has 0 aromatic heterocycles. The maximum absolute atomic E-state index is 10.5. The highest BCUT2D eigenvalue weighted by molar-refractivity contribution is 5.87. The average molecular weight is 161 g/mol. The van der Waals surface area contributed by atoms with Gasteiger partial charge < -0.3 is 15.3 Å². The summed E-state index contributed by atoms with van der Waals surface area (Å²) in [5.74, 6) is -3.36. The molecule has 0 heterocycles. The second-order valence-corrected chi connectivity index (χ2v) is 2.10. The van der Waals surface area contributed by atoms with Gasteiger partial charge in [0.25, 0.3) is 5.91 Å². The Bertz CT molecular complexity index is 164. The summed E-state index contributed by atoms with van der Waals surface area (Å²) in [4.78, 5) is 10.5. The second kappa shape index (κ2) is 3.47. The molecule has 0 radical (unpaired) electrons. The molecule has 0 fully saturated rings. The van der Waals surface area contributed by atoms with E-state index in [1.165, 1.54) is 0 Å². The molecule has 5 nitrogen and oxygen atoms in total. The molecule has 0 aromatic carbocycles. The summed E-state index contributed by atoms with van der Waals surface area (Å²) in [6.07, 6.45) is -0.602. The zero-order valence-corrected chi connectivity index (χ0v) is 6.11. The lowest BCUT2D eigenvalue weighted by molar-refractivity contribution is -0.237. The lowest BCUT2D eigenvalue weighted by Crippen LogP contribution is -2.55. The quantitative estimate of drug-likeness (QED) is 0.293. The van der Waals surface area contributed by atoms with Crippen LogP contribution in [0.4, 0.5) is 0 Å². The number of nitrogens with one attached hydrogen (secondary N) is 1. The summed E-state index contributed by atoms with van der Waals surface area (Å²) in [5.41, 5.74) is 0. The van der Waals surface area contributed by atoms with E-state index in [9.17, 15) is 4.79 Å². The summed E-state index contributed by atoms with van der Waals surface area (Å²) in [7, 11) is 0. The number of rotatable bonds is 3.